The van der Waals surface area contributed by atoms with Gasteiger partial charge in [0.05, 0.1) is 12.1 Å². The molecule has 0 spiro atoms. The Hall–Kier alpha value is -3.51. The number of nitrogens with zero attached hydrogens (tertiary/aromatic N) is 1. The van der Waals surface area contributed by atoms with Crippen LogP contribution in [0.3, 0.4) is 0 Å². The molecule has 0 bridgehead atoms. The van der Waals surface area contributed by atoms with Crippen molar-refractivity contribution in [2.75, 3.05) is 20.3 Å². The third kappa shape index (κ3) is 7.49. The number of ether oxygens (including phenoxy) is 2. The van der Waals surface area contributed by atoms with Crippen LogP contribution in [-0.4, -0.2) is 37.0 Å². The second-order valence-electron chi connectivity index (χ2n) is 8.05. The maximum absolute atomic E-state index is 13.6. The number of benzene rings is 3. The highest BCUT2D eigenvalue weighted by Crippen LogP contribution is 2.26. The fourth-order valence-corrected chi connectivity index (χ4v) is 3.82. The van der Waals surface area contributed by atoms with Crippen LogP contribution in [0.15, 0.2) is 78.9 Å². The summed E-state index contributed by atoms with van der Waals surface area (Å²) in [4.78, 5) is 28.5. The van der Waals surface area contributed by atoms with Crippen molar-refractivity contribution in [2.24, 2.45) is 0 Å². The van der Waals surface area contributed by atoms with Gasteiger partial charge in [-0.1, -0.05) is 79.5 Å². The molecule has 0 fully saturated rings. The first-order valence-electron chi connectivity index (χ1n) is 11.7. The number of rotatable bonds is 12. The van der Waals surface area contributed by atoms with Crippen molar-refractivity contribution in [3.05, 3.63) is 95.0 Å². The predicted octanol–water partition coefficient (Wildman–Crippen LogP) is 5.41. The third-order valence-corrected chi connectivity index (χ3v) is 5.84. The maximum Gasteiger partial charge on any atom is 0.261 e. The largest absolute Gasteiger partial charge is 0.497 e. The Kier molecular flexibility index (Phi) is 9.99. The van der Waals surface area contributed by atoms with Gasteiger partial charge in [-0.3, -0.25) is 9.59 Å². The minimum atomic E-state index is -0.822. The highest BCUT2D eigenvalue weighted by molar-refractivity contribution is 6.32. The van der Waals surface area contributed by atoms with E-state index in [0.29, 0.717) is 23.1 Å². The van der Waals surface area contributed by atoms with Crippen LogP contribution in [0.5, 0.6) is 11.5 Å². The van der Waals surface area contributed by atoms with Crippen LogP contribution in [0.1, 0.15) is 36.9 Å². The molecule has 184 valence electrons. The van der Waals surface area contributed by atoms with E-state index in [4.69, 9.17) is 21.1 Å². The molecule has 0 aliphatic rings. The first-order valence-corrected chi connectivity index (χ1v) is 12.0. The predicted molar refractivity (Wildman–Crippen MR) is 138 cm³/mol. The van der Waals surface area contributed by atoms with E-state index in [1.165, 1.54) is 0 Å². The molecular weight excluding hydrogens is 464 g/mol. The molecule has 3 aromatic carbocycles. The number of unbranched alkanes of at least 4 members (excludes halogenated alkanes) is 1. The summed E-state index contributed by atoms with van der Waals surface area (Å²) >= 11 is 6.20. The molecule has 35 heavy (non-hydrogen) atoms. The Bertz CT molecular complexity index is 1090. The van der Waals surface area contributed by atoms with Crippen molar-refractivity contribution in [2.45, 2.75) is 32.4 Å². The fraction of sp³-hybridized carbons (Fsp3) is 0.286. The monoisotopic (exact) mass is 494 g/mol. The minimum Gasteiger partial charge on any atom is -0.497 e. The molecule has 2 amide bonds. The molecule has 3 aromatic rings. The summed E-state index contributed by atoms with van der Waals surface area (Å²) in [5, 5.41) is 3.41. The van der Waals surface area contributed by atoms with E-state index < -0.39 is 6.04 Å². The molecule has 3 rings (SSSR count). The quantitative estimate of drug-likeness (QED) is 0.342. The third-order valence-electron chi connectivity index (χ3n) is 5.53. The van der Waals surface area contributed by atoms with Gasteiger partial charge in [-0.25, -0.2) is 0 Å². The first-order chi connectivity index (χ1) is 17.0. The van der Waals surface area contributed by atoms with Gasteiger partial charge in [0.25, 0.3) is 5.91 Å². The standard InChI is InChI=1S/C28H31ClN2O4/c1-3-4-18-30-28(33)27(22-10-6-5-7-11-22)31(19-21-14-16-23(34-2)17-15-21)26(32)20-35-25-13-9-8-12-24(25)29/h5-17,27H,3-4,18-20H2,1-2H3,(H,30,33). The van der Waals surface area contributed by atoms with Crippen LogP contribution in [0.4, 0.5) is 0 Å². The Morgan fingerprint density at radius 2 is 1.66 bits per heavy atom. The summed E-state index contributed by atoms with van der Waals surface area (Å²) in [5.41, 5.74) is 1.58. The van der Waals surface area contributed by atoms with Gasteiger partial charge in [0.2, 0.25) is 5.91 Å². The molecule has 1 atom stereocenters. The number of halogens is 1. The van der Waals surface area contributed by atoms with Crippen LogP contribution in [0.25, 0.3) is 0 Å². The van der Waals surface area contributed by atoms with Gasteiger partial charge in [-0.2, -0.15) is 0 Å². The van der Waals surface area contributed by atoms with Gasteiger partial charge in [0.1, 0.15) is 17.5 Å². The summed E-state index contributed by atoms with van der Waals surface area (Å²) in [6.07, 6.45) is 1.81. The smallest absolute Gasteiger partial charge is 0.261 e. The van der Waals surface area contributed by atoms with Crippen LogP contribution < -0.4 is 14.8 Å². The van der Waals surface area contributed by atoms with E-state index in [9.17, 15) is 9.59 Å². The number of amides is 2. The van der Waals surface area contributed by atoms with E-state index in [0.717, 1.165) is 24.0 Å². The Morgan fingerprint density at radius 3 is 2.31 bits per heavy atom. The highest BCUT2D eigenvalue weighted by atomic mass is 35.5. The fourth-order valence-electron chi connectivity index (χ4n) is 3.63. The minimum absolute atomic E-state index is 0.218. The summed E-state index contributed by atoms with van der Waals surface area (Å²) in [7, 11) is 1.60. The molecule has 0 radical (unpaired) electrons. The van der Waals surface area contributed by atoms with Crippen molar-refractivity contribution < 1.29 is 19.1 Å². The number of carbonyl (C=O) groups is 2. The summed E-state index contributed by atoms with van der Waals surface area (Å²) in [6, 6.07) is 22.9. The van der Waals surface area contributed by atoms with Gasteiger partial charge < -0.3 is 19.7 Å². The van der Waals surface area contributed by atoms with Crippen molar-refractivity contribution in [3.8, 4) is 11.5 Å². The van der Waals surface area contributed by atoms with E-state index >= 15 is 0 Å². The molecule has 0 aliphatic carbocycles. The lowest BCUT2D eigenvalue weighted by Crippen LogP contribution is -2.45. The van der Waals surface area contributed by atoms with Crippen LogP contribution >= 0.6 is 11.6 Å². The average molecular weight is 495 g/mol. The number of hydrogen-bond donors (Lipinski definition) is 1. The van der Waals surface area contributed by atoms with Gasteiger partial charge in [0.15, 0.2) is 6.61 Å². The maximum atomic E-state index is 13.6. The number of carbonyl (C=O) groups excluding carboxylic acids is 2. The molecule has 7 heteroatoms. The second kappa shape index (κ2) is 13.4. The number of para-hydroxylation sites is 1. The molecular formula is C28H31ClN2O4. The normalized spacial score (nSPS) is 11.4. The van der Waals surface area contributed by atoms with Crippen molar-refractivity contribution in [1.82, 2.24) is 10.2 Å². The summed E-state index contributed by atoms with van der Waals surface area (Å²) < 4.78 is 11.0. The van der Waals surface area contributed by atoms with E-state index in [1.54, 1.807) is 36.3 Å². The topological polar surface area (TPSA) is 67.9 Å². The molecule has 0 aromatic heterocycles. The lowest BCUT2D eigenvalue weighted by molar-refractivity contribution is -0.143. The SMILES string of the molecule is CCCCNC(=O)C(c1ccccc1)N(Cc1ccc(OC)cc1)C(=O)COc1ccccc1Cl. The zero-order valence-corrected chi connectivity index (χ0v) is 20.8. The zero-order chi connectivity index (χ0) is 25.0. The van der Waals surface area contributed by atoms with Crippen LogP contribution in [0, 0.1) is 0 Å². The van der Waals surface area contributed by atoms with Crippen LogP contribution in [-0.2, 0) is 16.1 Å². The van der Waals surface area contributed by atoms with Crippen molar-refractivity contribution in [1.29, 1.82) is 0 Å². The number of methoxy groups -OCH3 is 1. The zero-order valence-electron chi connectivity index (χ0n) is 20.1. The van der Waals surface area contributed by atoms with Gasteiger partial charge in [-0.15, -0.1) is 0 Å². The molecule has 1 N–H and O–H groups in total. The number of nitrogens with one attached hydrogen (secondary N) is 1. The Labute approximate surface area is 211 Å². The Balaban J connectivity index is 1.92. The van der Waals surface area contributed by atoms with Crippen molar-refractivity contribution in [3.63, 3.8) is 0 Å². The molecule has 1 unspecified atom stereocenters. The molecule has 0 aliphatic heterocycles. The lowest BCUT2D eigenvalue weighted by atomic mass is 10.0. The average Bonchev–Trinajstić information content (AvgIpc) is 2.89. The van der Waals surface area contributed by atoms with Gasteiger partial charge in [-0.05, 0) is 41.8 Å². The molecule has 0 saturated carbocycles. The van der Waals surface area contributed by atoms with E-state index in [-0.39, 0.29) is 25.0 Å². The van der Waals surface area contributed by atoms with Gasteiger partial charge >= 0.3 is 0 Å². The van der Waals surface area contributed by atoms with Crippen LogP contribution in [0.2, 0.25) is 5.02 Å². The first kappa shape index (κ1) is 26.1. The second-order valence-corrected chi connectivity index (χ2v) is 8.45. The van der Waals surface area contributed by atoms with E-state index in [2.05, 4.69) is 12.2 Å². The summed E-state index contributed by atoms with van der Waals surface area (Å²) in [5.74, 6) is 0.561. The summed E-state index contributed by atoms with van der Waals surface area (Å²) in [6.45, 7) is 2.56. The lowest BCUT2D eigenvalue weighted by Gasteiger charge is -2.31. The molecule has 0 heterocycles. The Morgan fingerprint density at radius 1 is 0.971 bits per heavy atom. The molecule has 0 saturated heterocycles. The molecule has 6 nitrogen and oxygen atoms in total. The van der Waals surface area contributed by atoms with E-state index in [1.807, 2.05) is 54.6 Å². The highest BCUT2D eigenvalue weighted by Gasteiger charge is 2.31. The number of hydrogen-bond acceptors (Lipinski definition) is 4. The van der Waals surface area contributed by atoms with Gasteiger partial charge in [0, 0.05) is 13.1 Å². The van der Waals surface area contributed by atoms with Crippen molar-refractivity contribution >= 4 is 23.4 Å².